The van der Waals surface area contributed by atoms with Crippen molar-refractivity contribution in [3.8, 4) is 0 Å². The highest BCUT2D eigenvalue weighted by Crippen LogP contribution is 2.35. The molecular formula is C17H24OSi. The fourth-order valence-electron chi connectivity index (χ4n) is 3.72. The second-order valence-electron chi connectivity index (χ2n) is 7.39. The van der Waals surface area contributed by atoms with Gasteiger partial charge in [-0.25, -0.2) is 0 Å². The molecule has 0 N–H and O–H groups in total. The van der Waals surface area contributed by atoms with Crippen molar-refractivity contribution in [2.45, 2.75) is 64.2 Å². The van der Waals surface area contributed by atoms with E-state index < -0.39 is 8.07 Å². The molecule has 0 radical (unpaired) electrons. The van der Waals surface area contributed by atoms with Crippen molar-refractivity contribution in [2.24, 2.45) is 0 Å². The first-order valence-electron chi connectivity index (χ1n) is 7.65. The van der Waals surface area contributed by atoms with Crippen LogP contribution in [-0.2, 0) is 25.3 Å². The van der Waals surface area contributed by atoms with E-state index in [1.54, 1.807) is 11.1 Å². The number of benzene rings is 1. The summed E-state index contributed by atoms with van der Waals surface area (Å²) in [6, 6.07) is 3.50. The third-order valence-corrected chi connectivity index (χ3v) is 5.89. The number of fused-ring (bicyclic) bond motifs is 2. The van der Waals surface area contributed by atoms with Gasteiger partial charge < -0.3 is 0 Å². The van der Waals surface area contributed by atoms with E-state index in [0.717, 1.165) is 24.8 Å². The average molecular weight is 272 g/mol. The van der Waals surface area contributed by atoms with Gasteiger partial charge in [0, 0.05) is 20.1 Å². The van der Waals surface area contributed by atoms with Gasteiger partial charge in [0.1, 0.15) is 0 Å². The molecule has 0 aliphatic heterocycles. The van der Waals surface area contributed by atoms with Gasteiger partial charge in [0.05, 0.1) is 0 Å². The minimum atomic E-state index is -1.13. The minimum absolute atomic E-state index is 0.396. The Balaban J connectivity index is 2.17. The molecule has 2 aliphatic carbocycles. The Labute approximate surface area is 117 Å². The molecule has 1 aromatic rings. The molecule has 0 amide bonds. The highest BCUT2D eigenvalue weighted by molar-refractivity contribution is 6.75. The topological polar surface area (TPSA) is 17.1 Å². The lowest BCUT2D eigenvalue weighted by atomic mass is 9.84. The highest BCUT2D eigenvalue weighted by Gasteiger charge is 2.28. The van der Waals surface area contributed by atoms with Crippen LogP contribution in [0.3, 0.4) is 0 Å². The number of hydrogen-bond donors (Lipinski definition) is 0. The van der Waals surface area contributed by atoms with Gasteiger partial charge in [-0.2, -0.15) is 0 Å². The molecule has 19 heavy (non-hydrogen) atoms. The fraction of sp³-hybridized carbons (Fsp3) is 0.588. The van der Waals surface area contributed by atoms with Gasteiger partial charge >= 0.3 is 0 Å². The predicted octanol–water partition coefficient (Wildman–Crippen LogP) is 4.11. The molecule has 0 bridgehead atoms. The van der Waals surface area contributed by atoms with Gasteiger partial charge in [-0.1, -0.05) is 19.6 Å². The SMILES string of the molecule is C[Si](C)(C)Cc1c2c(cc3c1CCCC3=O)CCC2. The number of Topliss-reactive ketones (excluding diaryl/α,β-unsaturated/α-hetero) is 1. The normalized spacial score (nSPS) is 18.4. The van der Waals surface area contributed by atoms with Gasteiger partial charge in [0.15, 0.2) is 5.78 Å². The molecule has 2 heteroatoms. The van der Waals surface area contributed by atoms with Crippen LogP contribution >= 0.6 is 0 Å². The summed E-state index contributed by atoms with van der Waals surface area (Å²) in [5, 5.41) is 0. The van der Waals surface area contributed by atoms with E-state index in [1.807, 2.05) is 0 Å². The molecule has 0 unspecified atom stereocenters. The Morgan fingerprint density at radius 1 is 1.00 bits per heavy atom. The van der Waals surface area contributed by atoms with E-state index in [9.17, 15) is 4.79 Å². The molecule has 0 saturated carbocycles. The zero-order valence-electron chi connectivity index (χ0n) is 12.4. The maximum absolute atomic E-state index is 12.2. The summed E-state index contributed by atoms with van der Waals surface area (Å²) in [6.07, 6.45) is 6.67. The van der Waals surface area contributed by atoms with E-state index >= 15 is 0 Å². The maximum atomic E-state index is 12.2. The largest absolute Gasteiger partial charge is 0.294 e. The van der Waals surface area contributed by atoms with Gasteiger partial charge in [-0.15, -0.1) is 0 Å². The maximum Gasteiger partial charge on any atom is 0.163 e. The lowest BCUT2D eigenvalue weighted by molar-refractivity contribution is 0.0972. The van der Waals surface area contributed by atoms with Gasteiger partial charge in [0.2, 0.25) is 0 Å². The van der Waals surface area contributed by atoms with Crippen molar-refractivity contribution in [1.82, 2.24) is 0 Å². The lowest BCUT2D eigenvalue weighted by Gasteiger charge is -2.26. The Hall–Kier alpha value is -0.893. The summed E-state index contributed by atoms with van der Waals surface area (Å²) in [5.41, 5.74) is 7.22. The number of hydrogen-bond acceptors (Lipinski definition) is 1. The van der Waals surface area contributed by atoms with E-state index in [-0.39, 0.29) is 0 Å². The van der Waals surface area contributed by atoms with Crippen molar-refractivity contribution in [2.75, 3.05) is 0 Å². The second-order valence-corrected chi connectivity index (χ2v) is 12.9. The Bertz CT molecular complexity index is 537. The summed E-state index contributed by atoms with van der Waals surface area (Å²) in [6.45, 7) is 7.33. The molecule has 0 atom stereocenters. The molecule has 1 nitrogen and oxygen atoms in total. The Morgan fingerprint density at radius 2 is 1.68 bits per heavy atom. The van der Waals surface area contributed by atoms with Crippen LogP contribution in [0.4, 0.5) is 0 Å². The summed E-state index contributed by atoms with van der Waals surface area (Å²) in [7, 11) is -1.13. The number of rotatable bonds is 2. The predicted molar refractivity (Wildman–Crippen MR) is 82.8 cm³/mol. The second kappa shape index (κ2) is 4.59. The third kappa shape index (κ3) is 2.43. The van der Waals surface area contributed by atoms with E-state index in [1.165, 1.54) is 36.4 Å². The Morgan fingerprint density at radius 3 is 2.42 bits per heavy atom. The molecular weight excluding hydrogens is 248 g/mol. The van der Waals surface area contributed by atoms with Gasteiger partial charge in [-0.3, -0.25) is 4.79 Å². The molecule has 0 aromatic heterocycles. The van der Waals surface area contributed by atoms with Crippen LogP contribution in [0.1, 0.15) is 51.9 Å². The number of carbonyl (C=O) groups excluding carboxylic acids is 1. The van der Waals surface area contributed by atoms with Gasteiger partial charge in [-0.05, 0) is 66.5 Å². The monoisotopic (exact) mass is 272 g/mol. The van der Waals surface area contributed by atoms with Crippen LogP contribution in [0.5, 0.6) is 0 Å². The number of aryl methyl sites for hydroxylation is 1. The van der Waals surface area contributed by atoms with E-state index in [0.29, 0.717) is 5.78 Å². The zero-order valence-corrected chi connectivity index (χ0v) is 13.4. The fourth-order valence-corrected chi connectivity index (χ4v) is 5.20. The molecule has 0 spiro atoms. The first kappa shape index (κ1) is 13.1. The highest BCUT2D eigenvalue weighted by atomic mass is 28.3. The first-order chi connectivity index (χ1) is 8.96. The van der Waals surface area contributed by atoms with E-state index in [4.69, 9.17) is 0 Å². The average Bonchev–Trinajstić information content (AvgIpc) is 2.76. The lowest BCUT2D eigenvalue weighted by Crippen LogP contribution is -2.27. The van der Waals surface area contributed by atoms with Crippen molar-refractivity contribution in [3.05, 3.63) is 33.9 Å². The molecule has 0 heterocycles. The van der Waals surface area contributed by atoms with Crippen molar-refractivity contribution >= 4 is 13.9 Å². The van der Waals surface area contributed by atoms with E-state index in [2.05, 4.69) is 25.7 Å². The van der Waals surface area contributed by atoms with Crippen LogP contribution < -0.4 is 0 Å². The molecule has 1 aromatic carbocycles. The number of ketones is 1. The van der Waals surface area contributed by atoms with Crippen LogP contribution in [-0.4, -0.2) is 13.9 Å². The molecule has 0 saturated heterocycles. The summed E-state index contributed by atoms with van der Waals surface area (Å²) < 4.78 is 0. The standard InChI is InChI=1S/C17H24OSi/c1-19(2,3)11-16-13-7-4-6-12(13)10-15-14(16)8-5-9-17(15)18/h10H,4-9,11H2,1-3H3. The van der Waals surface area contributed by atoms with Crippen LogP contribution in [0.25, 0.3) is 0 Å². The summed E-state index contributed by atoms with van der Waals surface area (Å²) in [4.78, 5) is 12.2. The molecule has 2 aliphatic rings. The number of carbonyl (C=O) groups is 1. The third-order valence-electron chi connectivity index (χ3n) is 4.47. The van der Waals surface area contributed by atoms with Crippen molar-refractivity contribution < 1.29 is 4.79 Å². The van der Waals surface area contributed by atoms with Crippen molar-refractivity contribution in [3.63, 3.8) is 0 Å². The minimum Gasteiger partial charge on any atom is -0.294 e. The molecule has 3 rings (SSSR count). The zero-order chi connectivity index (χ0) is 13.6. The van der Waals surface area contributed by atoms with Crippen molar-refractivity contribution in [1.29, 1.82) is 0 Å². The molecule has 0 fully saturated rings. The summed E-state index contributed by atoms with van der Waals surface area (Å²) >= 11 is 0. The van der Waals surface area contributed by atoms with Gasteiger partial charge in [0.25, 0.3) is 0 Å². The summed E-state index contributed by atoms with van der Waals surface area (Å²) in [5.74, 6) is 0.396. The van der Waals surface area contributed by atoms with Crippen LogP contribution in [0.15, 0.2) is 6.07 Å². The molecule has 102 valence electrons. The van der Waals surface area contributed by atoms with Crippen LogP contribution in [0.2, 0.25) is 19.6 Å². The Kier molecular flexibility index (Phi) is 3.16. The van der Waals surface area contributed by atoms with Crippen LogP contribution in [0, 0.1) is 0 Å². The smallest absolute Gasteiger partial charge is 0.163 e. The first-order valence-corrected chi connectivity index (χ1v) is 11.4. The quantitative estimate of drug-likeness (QED) is 0.740.